The molecule has 0 fully saturated rings. The van der Waals surface area contributed by atoms with Crippen molar-refractivity contribution in [3.8, 4) is 5.75 Å². The zero-order valence-corrected chi connectivity index (χ0v) is 14.5. The highest BCUT2D eigenvalue weighted by Crippen LogP contribution is 2.18. The molecule has 21 heavy (non-hydrogen) atoms. The summed E-state index contributed by atoms with van der Waals surface area (Å²) in [4.78, 5) is 0.309. The summed E-state index contributed by atoms with van der Waals surface area (Å²) in [5.41, 5.74) is 0. The van der Waals surface area contributed by atoms with Crippen LogP contribution in [0.15, 0.2) is 29.2 Å². The summed E-state index contributed by atoms with van der Waals surface area (Å²) in [5.74, 6) is 1.62. The van der Waals surface area contributed by atoms with E-state index in [1.165, 1.54) is 38.4 Å². The Bertz CT molecular complexity index is 498. The van der Waals surface area contributed by atoms with E-state index in [2.05, 4.69) is 12.6 Å². The fourth-order valence-electron chi connectivity index (χ4n) is 2.08. The zero-order valence-electron chi connectivity index (χ0n) is 12.8. The smallest absolute Gasteiger partial charge is 0.175 e. The first-order valence-electron chi connectivity index (χ1n) is 7.58. The predicted molar refractivity (Wildman–Crippen MR) is 91.2 cm³/mol. The molecular weight excluding hydrogens is 304 g/mol. The third-order valence-electron chi connectivity index (χ3n) is 3.30. The van der Waals surface area contributed by atoms with E-state index in [0.717, 1.165) is 18.6 Å². The van der Waals surface area contributed by atoms with E-state index in [9.17, 15) is 8.42 Å². The van der Waals surface area contributed by atoms with Gasteiger partial charge in [-0.2, -0.15) is 12.6 Å². The Morgan fingerprint density at radius 2 is 1.62 bits per heavy atom. The fraction of sp³-hybridized carbons (Fsp3) is 0.625. The lowest BCUT2D eigenvalue weighted by Gasteiger charge is -2.07. The second-order valence-corrected chi connectivity index (χ2v) is 7.76. The number of unbranched alkanes of at least 4 members (excludes halogenated alkanes) is 6. The molecule has 0 radical (unpaired) electrons. The highest BCUT2D eigenvalue weighted by Gasteiger charge is 2.07. The van der Waals surface area contributed by atoms with Crippen LogP contribution in [0.2, 0.25) is 0 Å². The standard InChI is InChI=1S/C16H26O3S2/c1-21(17,18)16-11-9-10-15(14-16)19-12-7-5-3-2-4-6-8-13-20/h9-11,14,20H,2-8,12-13H2,1H3. The number of rotatable bonds is 11. The van der Waals surface area contributed by atoms with Gasteiger partial charge in [-0.05, 0) is 36.8 Å². The summed E-state index contributed by atoms with van der Waals surface area (Å²) in [6, 6.07) is 6.69. The molecule has 0 aliphatic rings. The van der Waals surface area contributed by atoms with Crippen molar-refractivity contribution >= 4 is 22.5 Å². The average Bonchev–Trinajstić information content (AvgIpc) is 2.45. The molecule has 0 saturated heterocycles. The molecule has 1 aromatic carbocycles. The Morgan fingerprint density at radius 1 is 1.00 bits per heavy atom. The van der Waals surface area contributed by atoms with Crippen LogP contribution in [0.25, 0.3) is 0 Å². The summed E-state index contributed by atoms with van der Waals surface area (Å²) in [6.45, 7) is 0.643. The molecule has 0 bridgehead atoms. The van der Waals surface area contributed by atoms with Gasteiger partial charge in [0.05, 0.1) is 11.5 Å². The van der Waals surface area contributed by atoms with Crippen LogP contribution in [0.4, 0.5) is 0 Å². The molecule has 0 saturated carbocycles. The molecule has 0 heterocycles. The van der Waals surface area contributed by atoms with Crippen molar-refractivity contribution in [3.05, 3.63) is 24.3 Å². The molecule has 3 nitrogen and oxygen atoms in total. The summed E-state index contributed by atoms with van der Waals surface area (Å²) >= 11 is 4.20. The first-order chi connectivity index (χ1) is 10.0. The van der Waals surface area contributed by atoms with Crippen molar-refractivity contribution in [1.29, 1.82) is 0 Å². The van der Waals surface area contributed by atoms with Gasteiger partial charge in [0.15, 0.2) is 9.84 Å². The van der Waals surface area contributed by atoms with Crippen LogP contribution in [-0.2, 0) is 9.84 Å². The van der Waals surface area contributed by atoms with Crippen LogP contribution < -0.4 is 4.74 Å². The maximum atomic E-state index is 11.4. The third kappa shape index (κ3) is 8.37. The maximum Gasteiger partial charge on any atom is 0.175 e. The Kier molecular flexibility index (Phi) is 8.85. The molecule has 120 valence electrons. The van der Waals surface area contributed by atoms with Crippen molar-refractivity contribution < 1.29 is 13.2 Å². The molecule has 0 unspecified atom stereocenters. The van der Waals surface area contributed by atoms with E-state index in [-0.39, 0.29) is 0 Å². The Balaban J connectivity index is 2.16. The minimum atomic E-state index is -3.16. The Hall–Kier alpha value is -0.680. The van der Waals surface area contributed by atoms with Gasteiger partial charge in [0.25, 0.3) is 0 Å². The van der Waals surface area contributed by atoms with Gasteiger partial charge < -0.3 is 4.74 Å². The topological polar surface area (TPSA) is 43.4 Å². The van der Waals surface area contributed by atoms with Crippen LogP contribution in [0.3, 0.4) is 0 Å². The average molecular weight is 331 g/mol. The van der Waals surface area contributed by atoms with Gasteiger partial charge in [-0.1, -0.05) is 38.2 Å². The Morgan fingerprint density at radius 3 is 2.24 bits per heavy atom. The molecule has 0 atom stereocenters. The number of thiol groups is 1. The molecule has 0 aliphatic heterocycles. The lowest BCUT2D eigenvalue weighted by molar-refractivity contribution is 0.303. The van der Waals surface area contributed by atoms with Gasteiger partial charge in [0.2, 0.25) is 0 Å². The van der Waals surface area contributed by atoms with E-state index in [1.807, 2.05) is 0 Å². The van der Waals surface area contributed by atoms with Crippen LogP contribution in [0.1, 0.15) is 44.9 Å². The quantitative estimate of drug-likeness (QED) is 0.490. The van der Waals surface area contributed by atoms with Crippen molar-refractivity contribution in [1.82, 2.24) is 0 Å². The summed E-state index contributed by atoms with van der Waals surface area (Å²) in [5, 5.41) is 0. The second kappa shape index (κ2) is 10.1. The Labute approximate surface area is 134 Å². The molecule has 0 aromatic heterocycles. The van der Waals surface area contributed by atoms with Gasteiger partial charge in [0.1, 0.15) is 5.75 Å². The van der Waals surface area contributed by atoms with Gasteiger partial charge in [-0.3, -0.25) is 0 Å². The monoisotopic (exact) mass is 330 g/mol. The second-order valence-electron chi connectivity index (χ2n) is 5.29. The number of hydrogen-bond donors (Lipinski definition) is 1. The van der Waals surface area contributed by atoms with E-state index in [1.54, 1.807) is 24.3 Å². The lowest BCUT2D eigenvalue weighted by Crippen LogP contribution is -2.00. The molecule has 1 aromatic rings. The molecule has 0 N–H and O–H groups in total. The van der Waals surface area contributed by atoms with Crippen molar-refractivity contribution in [3.63, 3.8) is 0 Å². The van der Waals surface area contributed by atoms with E-state index in [4.69, 9.17) is 4.74 Å². The number of benzene rings is 1. The van der Waals surface area contributed by atoms with Crippen molar-refractivity contribution in [2.45, 2.75) is 49.8 Å². The van der Waals surface area contributed by atoms with E-state index >= 15 is 0 Å². The molecule has 1 rings (SSSR count). The highest BCUT2D eigenvalue weighted by molar-refractivity contribution is 7.90. The normalized spacial score (nSPS) is 11.5. The van der Waals surface area contributed by atoms with Crippen molar-refractivity contribution in [2.24, 2.45) is 0 Å². The number of ether oxygens (including phenoxy) is 1. The molecule has 0 spiro atoms. The van der Waals surface area contributed by atoms with Gasteiger partial charge in [-0.15, -0.1) is 0 Å². The lowest BCUT2D eigenvalue weighted by atomic mass is 10.1. The van der Waals surface area contributed by atoms with Crippen LogP contribution in [-0.4, -0.2) is 27.0 Å². The third-order valence-corrected chi connectivity index (χ3v) is 4.73. The van der Waals surface area contributed by atoms with Gasteiger partial charge in [0, 0.05) is 6.26 Å². The largest absolute Gasteiger partial charge is 0.494 e. The van der Waals surface area contributed by atoms with E-state index in [0.29, 0.717) is 17.3 Å². The SMILES string of the molecule is CS(=O)(=O)c1cccc(OCCCCCCCCCS)c1. The van der Waals surface area contributed by atoms with Crippen LogP contribution in [0, 0.1) is 0 Å². The number of hydrogen-bond acceptors (Lipinski definition) is 4. The minimum Gasteiger partial charge on any atom is -0.494 e. The summed E-state index contributed by atoms with van der Waals surface area (Å²) in [7, 11) is -3.16. The molecule has 5 heteroatoms. The summed E-state index contributed by atoms with van der Waals surface area (Å²) in [6.07, 6.45) is 9.66. The van der Waals surface area contributed by atoms with Gasteiger partial charge >= 0.3 is 0 Å². The predicted octanol–water partition coefficient (Wildman–Crippen LogP) is 4.13. The van der Waals surface area contributed by atoms with E-state index < -0.39 is 9.84 Å². The minimum absolute atomic E-state index is 0.309. The van der Waals surface area contributed by atoms with Gasteiger partial charge in [-0.25, -0.2) is 8.42 Å². The zero-order chi connectivity index (χ0) is 15.6. The molecule has 0 amide bonds. The molecule has 0 aliphatic carbocycles. The first-order valence-corrected chi connectivity index (χ1v) is 10.1. The highest BCUT2D eigenvalue weighted by atomic mass is 32.2. The van der Waals surface area contributed by atoms with Crippen LogP contribution >= 0.6 is 12.6 Å². The van der Waals surface area contributed by atoms with Crippen LogP contribution in [0.5, 0.6) is 5.75 Å². The maximum absolute atomic E-state index is 11.4. The fourth-order valence-corrected chi connectivity index (χ4v) is 2.96. The molecular formula is C16H26O3S2. The van der Waals surface area contributed by atoms with Crippen molar-refractivity contribution in [2.75, 3.05) is 18.6 Å². The summed E-state index contributed by atoms with van der Waals surface area (Å²) < 4.78 is 28.5. The number of sulfone groups is 1. The first kappa shape index (κ1) is 18.4.